The molecule has 158 valence electrons. The van der Waals surface area contributed by atoms with Gasteiger partial charge >= 0.3 is 5.69 Å². The zero-order chi connectivity index (χ0) is 21.8. The lowest BCUT2D eigenvalue weighted by Crippen LogP contribution is -2.44. The van der Waals surface area contributed by atoms with Crippen LogP contribution in [0.15, 0.2) is 52.1 Å². The Morgan fingerprint density at radius 1 is 1.10 bits per heavy atom. The molecule has 1 amide bonds. The Balaban J connectivity index is 2.24. The maximum absolute atomic E-state index is 13.4. The van der Waals surface area contributed by atoms with E-state index in [1.165, 1.54) is 11.7 Å². The Hall–Kier alpha value is -3.39. The van der Waals surface area contributed by atoms with Crippen LogP contribution in [0.1, 0.15) is 18.5 Å². The summed E-state index contributed by atoms with van der Waals surface area (Å²) < 4.78 is 12.5. The van der Waals surface area contributed by atoms with Crippen molar-refractivity contribution in [2.75, 3.05) is 27.4 Å². The highest BCUT2D eigenvalue weighted by Crippen LogP contribution is 2.18. The predicted octanol–water partition coefficient (Wildman–Crippen LogP) is 1.79. The molecule has 0 aliphatic carbocycles. The van der Waals surface area contributed by atoms with Gasteiger partial charge in [0.05, 0.1) is 30.3 Å². The van der Waals surface area contributed by atoms with Gasteiger partial charge in [-0.25, -0.2) is 9.36 Å². The fourth-order valence-corrected chi connectivity index (χ4v) is 3.32. The lowest BCUT2D eigenvalue weighted by molar-refractivity contribution is -0.124. The smallest absolute Gasteiger partial charge is 0.336 e. The number of aryl methyl sites for hydroxylation is 1. The molecule has 1 atom stereocenters. The van der Waals surface area contributed by atoms with Crippen LogP contribution in [-0.2, 0) is 9.53 Å². The van der Waals surface area contributed by atoms with E-state index in [9.17, 15) is 14.4 Å². The number of carbonyl (C=O) groups excluding carboxylic acids is 1. The van der Waals surface area contributed by atoms with Crippen molar-refractivity contribution in [1.82, 2.24) is 14.5 Å². The molecular weight excluding hydrogens is 386 g/mol. The van der Waals surface area contributed by atoms with Gasteiger partial charge in [0.15, 0.2) is 0 Å². The van der Waals surface area contributed by atoms with E-state index in [2.05, 4.69) is 5.32 Å². The van der Waals surface area contributed by atoms with Crippen LogP contribution < -0.4 is 21.3 Å². The van der Waals surface area contributed by atoms with E-state index in [0.29, 0.717) is 35.5 Å². The van der Waals surface area contributed by atoms with E-state index in [0.717, 1.165) is 10.1 Å². The molecule has 0 aliphatic rings. The molecule has 3 rings (SSSR count). The van der Waals surface area contributed by atoms with Crippen molar-refractivity contribution in [3.63, 3.8) is 0 Å². The second-order valence-corrected chi connectivity index (χ2v) is 6.97. The van der Waals surface area contributed by atoms with Gasteiger partial charge in [0.1, 0.15) is 11.8 Å². The van der Waals surface area contributed by atoms with E-state index in [1.54, 1.807) is 50.4 Å². The quantitative estimate of drug-likeness (QED) is 0.599. The summed E-state index contributed by atoms with van der Waals surface area (Å²) in [5.41, 5.74) is 0.663. The van der Waals surface area contributed by atoms with Crippen LogP contribution in [0.2, 0.25) is 0 Å². The largest absolute Gasteiger partial charge is 0.497 e. The molecule has 30 heavy (non-hydrogen) atoms. The number of nitrogens with one attached hydrogen (secondary N) is 1. The van der Waals surface area contributed by atoms with Crippen LogP contribution in [0.5, 0.6) is 5.75 Å². The Labute approximate surface area is 173 Å². The number of hydrogen-bond acceptors (Lipinski definition) is 5. The van der Waals surface area contributed by atoms with Gasteiger partial charge in [0.25, 0.3) is 5.56 Å². The summed E-state index contributed by atoms with van der Waals surface area (Å²) in [6.07, 6.45) is 0. The standard InChI is InChI=1S/C22H25N3O5/c1-14-5-10-19-18(13-14)21(27)25(16-6-8-17(30-4)9-7-16)22(28)24(19)15(2)20(26)23-11-12-29-3/h5-10,13,15H,11-12H2,1-4H3,(H,23,26). The SMILES string of the molecule is COCCNC(=O)C(C)n1c(=O)n(-c2ccc(OC)cc2)c(=O)c2cc(C)ccc21. The monoisotopic (exact) mass is 411 g/mol. The first-order valence-corrected chi connectivity index (χ1v) is 9.58. The molecule has 0 saturated carbocycles. The Bertz CT molecular complexity index is 1180. The van der Waals surface area contributed by atoms with Crippen molar-refractivity contribution in [3.8, 4) is 11.4 Å². The van der Waals surface area contributed by atoms with Gasteiger partial charge in [-0.15, -0.1) is 0 Å². The molecule has 1 heterocycles. The third-order valence-corrected chi connectivity index (χ3v) is 4.95. The lowest BCUT2D eigenvalue weighted by atomic mass is 10.1. The van der Waals surface area contributed by atoms with Gasteiger partial charge in [-0.1, -0.05) is 11.6 Å². The van der Waals surface area contributed by atoms with E-state index in [-0.39, 0.29) is 5.91 Å². The van der Waals surface area contributed by atoms with Crippen molar-refractivity contribution in [2.24, 2.45) is 0 Å². The molecule has 0 radical (unpaired) electrons. The van der Waals surface area contributed by atoms with Crippen molar-refractivity contribution in [3.05, 3.63) is 68.9 Å². The zero-order valence-electron chi connectivity index (χ0n) is 17.5. The maximum atomic E-state index is 13.4. The number of fused-ring (bicyclic) bond motifs is 1. The Morgan fingerprint density at radius 2 is 1.80 bits per heavy atom. The summed E-state index contributed by atoms with van der Waals surface area (Å²) in [6, 6.07) is 11.0. The molecule has 1 unspecified atom stereocenters. The summed E-state index contributed by atoms with van der Waals surface area (Å²) in [5.74, 6) is 0.269. The van der Waals surface area contributed by atoms with Gasteiger partial charge in [0.2, 0.25) is 5.91 Å². The minimum Gasteiger partial charge on any atom is -0.497 e. The highest BCUT2D eigenvalue weighted by atomic mass is 16.5. The van der Waals surface area contributed by atoms with E-state index >= 15 is 0 Å². The van der Waals surface area contributed by atoms with Gasteiger partial charge < -0.3 is 14.8 Å². The molecule has 0 bridgehead atoms. The number of hydrogen-bond donors (Lipinski definition) is 1. The summed E-state index contributed by atoms with van der Waals surface area (Å²) in [5, 5.41) is 3.11. The summed E-state index contributed by atoms with van der Waals surface area (Å²) in [7, 11) is 3.08. The number of amides is 1. The molecule has 0 aliphatic heterocycles. The average Bonchev–Trinajstić information content (AvgIpc) is 2.74. The number of ether oxygens (including phenoxy) is 2. The number of carbonyl (C=O) groups is 1. The van der Waals surface area contributed by atoms with Crippen molar-refractivity contribution in [1.29, 1.82) is 0 Å². The molecular formula is C22H25N3O5. The predicted molar refractivity (Wildman–Crippen MR) is 115 cm³/mol. The minimum absolute atomic E-state index is 0.323. The number of rotatable bonds is 7. The van der Waals surface area contributed by atoms with Gasteiger partial charge in [-0.3, -0.25) is 14.2 Å². The molecule has 3 aromatic rings. The van der Waals surface area contributed by atoms with Crippen LogP contribution in [0.3, 0.4) is 0 Å². The van der Waals surface area contributed by atoms with Gasteiger partial charge in [0, 0.05) is 13.7 Å². The second-order valence-electron chi connectivity index (χ2n) is 6.97. The van der Waals surface area contributed by atoms with Crippen LogP contribution in [0.25, 0.3) is 16.6 Å². The van der Waals surface area contributed by atoms with E-state index < -0.39 is 17.3 Å². The van der Waals surface area contributed by atoms with Crippen LogP contribution in [0.4, 0.5) is 0 Å². The summed E-state index contributed by atoms with van der Waals surface area (Å²) in [4.78, 5) is 39.3. The maximum Gasteiger partial charge on any atom is 0.336 e. The Kier molecular flexibility index (Phi) is 6.37. The molecule has 1 N–H and O–H groups in total. The van der Waals surface area contributed by atoms with E-state index in [4.69, 9.17) is 9.47 Å². The zero-order valence-corrected chi connectivity index (χ0v) is 17.5. The number of methoxy groups -OCH3 is 2. The molecule has 8 nitrogen and oxygen atoms in total. The highest BCUT2D eigenvalue weighted by molar-refractivity contribution is 5.84. The van der Waals surface area contributed by atoms with Crippen molar-refractivity contribution < 1.29 is 14.3 Å². The van der Waals surface area contributed by atoms with Crippen LogP contribution in [0, 0.1) is 6.92 Å². The second kappa shape index (κ2) is 8.96. The number of aromatic nitrogens is 2. The van der Waals surface area contributed by atoms with Gasteiger partial charge in [-0.2, -0.15) is 0 Å². The number of benzene rings is 2. The third-order valence-electron chi connectivity index (χ3n) is 4.95. The molecule has 0 fully saturated rings. The molecule has 8 heteroatoms. The highest BCUT2D eigenvalue weighted by Gasteiger charge is 2.22. The third kappa shape index (κ3) is 3.99. The molecule has 2 aromatic carbocycles. The number of nitrogens with zero attached hydrogens (tertiary/aromatic N) is 2. The minimum atomic E-state index is -0.829. The average molecular weight is 411 g/mol. The molecule has 0 saturated heterocycles. The van der Waals surface area contributed by atoms with Gasteiger partial charge in [-0.05, 0) is 50.2 Å². The lowest BCUT2D eigenvalue weighted by Gasteiger charge is -2.20. The molecule has 1 aromatic heterocycles. The topological polar surface area (TPSA) is 91.6 Å². The summed E-state index contributed by atoms with van der Waals surface area (Å²) >= 11 is 0. The molecule has 0 spiro atoms. The van der Waals surface area contributed by atoms with Crippen molar-refractivity contribution >= 4 is 16.8 Å². The van der Waals surface area contributed by atoms with Crippen LogP contribution >= 0.6 is 0 Å². The fraction of sp³-hybridized carbons (Fsp3) is 0.318. The normalized spacial score (nSPS) is 12.0. The fourth-order valence-electron chi connectivity index (χ4n) is 3.32. The van der Waals surface area contributed by atoms with Crippen molar-refractivity contribution in [2.45, 2.75) is 19.9 Å². The first-order chi connectivity index (χ1) is 14.4. The Morgan fingerprint density at radius 3 is 2.43 bits per heavy atom. The summed E-state index contributed by atoms with van der Waals surface area (Å²) in [6.45, 7) is 4.18. The van der Waals surface area contributed by atoms with E-state index in [1.807, 2.05) is 13.0 Å². The first kappa shape index (κ1) is 21.3. The van der Waals surface area contributed by atoms with Crippen LogP contribution in [-0.4, -0.2) is 42.4 Å². The first-order valence-electron chi connectivity index (χ1n) is 9.58.